The minimum Gasteiger partial charge on any atom is -0.481 e. The highest BCUT2D eigenvalue weighted by atomic mass is 16.5. The van der Waals surface area contributed by atoms with Crippen LogP contribution >= 0.6 is 0 Å². The van der Waals surface area contributed by atoms with E-state index in [2.05, 4.69) is 15.5 Å². The van der Waals surface area contributed by atoms with Gasteiger partial charge in [0, 0.05) is 19.3 Å². The summed E-state index contributed by atoms with van der Waals surface area (Å²) in [6.07, 6.45) is 11.6. The van der Waals surface area contributed by atoms with Crippen LogP contribution < -0.4 is 5.32 Å². The van der Waals surface area contributed by atoms with E-state index in [-0.39, 0.29) is 5.92 Å². The van der Waals surface area contributed by atoms with Crippen LogP contribution in [0.2, 0.25) is 0 Å². The number of carboxylic acid groups (broad SMARTS) is 1. The Morgan fingerprint density at radius 3 is 2.52 bits per heavy atom. The second-order valence-electron chi connectivity index (χ2n) is 10.5. The number of carbonyl (C=O) groups is 1. The highest BCUT2D eigenvalue weighted by Crippen LogP contribution is 2.41. The number of rotatable bonds is 10. The first-order valence-electron chi connectivity index (χ1n) is 12.2. The molecular weight excluding hydrogens is 394 g/mol. The van der Waals surface area contributed by atoms with Crippen molar-refractivity contribution in [3.05, 3.63) is 11.7 Å². The largest absolute Gasteiger partial charge is 0.481 e. The van der Waals surface area contributed by atoms with Gasteiger partial charge in [0.1, 0.15) is 0 Å². The van der Waals surface area contributed by atoms with Gasteiger partial charge in [-0.25, -0.2) is 0 Å². The predicted molar refractivity (Wildman–Crippen MR) is 119 cm³/mol. The van der Waals surface area contributed by atoms with E-state index in [4.69, 9.17) is 9.26 Å². The molecule has 31 heavy (non-hydrogen) atoms. The minimum atomic E-state index is -0.782. The Kier molecular flexibility index (Phi) is 8.90. The summed E-state index contributed by atoms with van der Waals surface area (Å²) < 4.78 is 11.1. The van der Waals surface area contributed by atoms with Crippen LogP contribution in [0.5, 0.6) is 0 Å². The van der Waals surface area contributed by atoms with Crippen LogP contribution in [0.3, 0.4) is 0 Å². The molecule has 0 amide bonds. The van der Waals surface area contributed by atoms with Crippen molar-refractivity contribution in [1.29, 1.82) is 0 Å². The van der Waals surface area contributed by atoms with Crippen LogP contribution in [0.1, 0.15) is 103 Å². The maximum atomic E-state index is 12.3. The number of carboxylic acids is 1. The molecular formula is C24H41N3O4. The Morgan fingerprint density at radius 2 is 1.87 bits per heavy atom. The third-order valence-corrected chi connectivity index (χ3v) is 7.02. The fraction of sp³-hybridized carbons (Fsp3) is 0.875. The number of nitrogens with one attached hydrogen (secondary N) is 1. The molecule has 2 atom stereocenters. The first-order valence-corrected chi connectivity index (χ1v) is 12.2. The van der Waals surface area contributed by atoms with Crippen molar-refractivity contribution >= 4 is 5.97 Å². The molecule has 0 aromatic carbocycles. The predicted octanol–water partition coefficient (Wildman–Crippen LogP) is 4.92. The van der Waals surface area contributed by atoms with Gasteiger partial charge in [-0.3, -0.25) is 4.79 Å². The van der Waals surface area contributed by atoms with Crippen LogP contribution in [-0.4, -0.2) is 40.5 Å². The summed E-state index contributed by atoms with van der Waals surface area (Å²) in [4.78, 5) is 16.9. The van der Waals surface area contributed by atoms with Crippen molar-refractivity contribution < 1.29 is 19.2 Å². The molecule has 1 unspecified atom stereocenters. The molecule has 2 N–H and O–H groups in total. The van der Waals surface area contributed by atoms with E-state index in [1.807, 2.05) is 20.8 Å². The molecule has 1 aromatic rings. The molecule has 2 fully saturated rings. The monoisotopic (exact) mass is 435 g/mol. The topological polar surface area (TPSA) is 97.5 Å². The Bertz CT molecular complexity index is 673. The van der Waals surface area contributed by atoms with E-state index >= 15 is 0 Å². The van der Waals surface area contributed by atoms with Gasteiger partial charge in [0.05, 0.1) is 18.4 Å². The fourth-order valence-corrected chi connectivity index (χ4v) is 5.31. The summed E-state index contributed by atoms with van der Waals surface area (Å²) in [7, 11) is 0. The standard InChI is InChI=1S/C24H41N3O4/c1-24(2,3)21(23(28)29)19(11-7-10-17-8-5-4-6-9-17)22-26-20(27-31-22)16-25-18-12-14-30-15-13-18/h17-19,21,25H,4-16H2,1-3H3,(H,28,29)/t19-,21?/m1/s1. The first-order chi connectivity index (χ1) is 14.8. The summed E-state index contributed by atoms with van der Waals surface area (Å²) >= 11 is 0. The number of aliphatic carboxylic acids is 1. The van der Waals surface area contributed by atoms with Crippen LogP contribution in [0.4, 0.5) is 0 Å². The third kappa shape index (κ3) is 7.28. The van der Waals surface area contributed by atoms with Gasteiger partial charge in [-0.1, -0.05) is 70.9 Å². The molecule has 0 spiro atoms. The zero-order valence-corrected chi connectivity index (χ0v) is 19.6. The molecule has 3 rings (SSSR count). The lowest BCUT2D eigenvalue weighted by Crippen LogP contribution is -2.35. The van der Waals surface area contributed by atoms with E-state index in [0.29, 0.717) is 24.3 Å². The van der Waals surface area contributed by atoms with Gasteiger partial charge in [-0.05, 0) is 30.6 Å². The minimum absolute atomic E-state index is 0.259. The summed E-state index contributed by atoms with van der Waals surface area (Å²) in [6.45, 7) is 8.07. The van der Waals surface area contributed by atoms with Crippen LogP contribution in [-0.2, 0) is 16.1 Å². The van der Waals surface area contributed by atoms with Crippen LogP contribution in [0.25, 0.3) is 0 Å². The van der Waals surface area contributed by atoms with Gasteiger partial charge in [0.2, 0.25) is 5.89 Å². The molecule has 0 radical (unpaired) electrons. The van der Waals surface area contributed by atoms with Crippen molar-refractivity contribution in [2.24, 2.45) is 17.3 Å². The molecule has 176 valence electrons. The molecule has 7 nitrogen and oxygen atoms in total. The maximum Gasteiger partial charge on any atom is 0.307 e. The van der Waals surface area contributed by atoms with Crippen molar-refractivity contribution in [1.82, 2.24) is 15.5 Å². The molecule has 1 saturated carbocycles. The van der Waals surface area contributed by atoms with E-state index in [9.17, 15) is 9.90 Å². The molecule has 0 bridgehead atoms. The van der Waals surface area contributed by atoms with Crippen molar-refractivity contribution in [3.8, 4) is 0 Å². The van der Waals surface area contributed by atoms with Crippen molar-refractivity contribution in [2.75, 3.05) is 13.2 Å². The number of hydrogen-bond donors (Lipinski definition) is 2. The molecule has 1 aliphatic carbocycles. The Hall–Kier alpha value is -1.47. The number of ether oxygens (including phenoxy) is 1. The van der Waals surface area contributed by atoms with Crippen LogP contribution in [0.15, 0.2) is 4.52 Å². The van der Waals surface area contributed by atoms with Crippen molar-refractivity contribution in [3.63, 3.8) is 0 Å². The summed E-state index contributed by atoms with van der Waals surface area (Å²) in [6, 6.07) is 0.406. The molecule has 7 heteroatoms. The summed E-state index contributed by atoms with van der Waals surface area (Å²) in [5.41, 5.74) is -0.393. The lowest BCUT2D eigenvalue weighted by Gasteiger charge is -2.32. The third-order valence-electron chi connectivity index (χ3n) is 7.02. The van der Waals surface area contributed by atoms with E-state index < -0.39 is 17.3 Å². The Balaban J connectivity index is 1.65. The van der Waals surface area contributed by atoms with Gasteiger partial charge >= 0.3 is 5.97 Å². The second-order valence-corrected chi connectivity index (χ2v) is 10.5. The highest BCUT2D eigenvalue weighted by Gasteiger charge is 2.41. The second kappa shape index (κ2) is 11.4. The van der Waals surface area contributed by atoms with Crippen LogP contribution in [0, 0.1) is 17.3 Å². The zero-order valence-electron chi connectivity index (χ0n) is 19.6. The van der Waals surface area contributed by atoms with Gasteiger partial charge in [0.15, 0.2) is 5.82 Å². The number of nitrogens with zero attached hydrogens (tertiary/aromatic N) is 2. The van der Waals surface area contributed by atoms with Gasteiger partial charge in [-0.2, -0.15) is 4.98 Å². The normalized spacial score (nSPS) is 21.1. The van der Waals surface area contributed by atoms with E-state index in [0.717, 1.165) is 44.8 Å². The zero-order chi connectivity index (χ0) is 22.3. The average Bonchev–Trinajstić information content (AvgIpc) is 3.21. The Morgan fingerprint density at radius 1 is 1.16 bits per heavy atom. The molecule has 2 aliphatic rings. The van der Waals surface area contributed by atoms with Gasteiger partial charge in [0.25, 0.3) is 0 Å². The van der Waals surface area contributed by atoms with E-state index in [1.165, 1.54) is 38.5 Å². The van der Waals surface area contributed by atoms with Gasteiger partial charge in [-0.15, -0.1) is 0 Å². The summed E-state index contributed by atoms with van der Waals surface area (Å²) in [5, 5.41) is 17.7. The molecule has 1 aromatic heterocycles. The maximum absolute atomic E-state index is 12.3. The SMILES string of the molecule is CC(C)(C)C(C(=O)O)[C@@H](CCCC1CCCCC1)c1nc(CNC2CCOCC2)no1. The summed E-state index contributed by atoms with van der Waals surface area (Å²) in [5.74, 6) is 0.275. The average molecular weight is 436 g/mol. The molecule has 1 saturated heterocycles. The Labute approximate surface area is 186 Å². The van der Waals surface area contributed by atoms with Crippen molar-refractivity contribution in [2.45, 2.75) is 103 Å². The lowest BCUT2D eigenvalue weighted by atomic mass is 9.71. The molecule has 2 heterocycles. The van der Waals surface area contributed by atoms with Gasteiger partial charge < -0.3 is 19.7 Å². The smallest absolute Gasteiger partial charge is 0.307 e. The fourth-order valence-electron chi connectivity index (χ4n) is 5.31. The van der Waals surface area contributed by atoms with E-state index in [1.54, 1.807) is 0 Å². The highest BCUT2D eigenvalue weighted by molar-refractivity contribution is 5.72. The first kappa shape index (κ1) is 24.2. The number of aromatic nitrogens is 2. The quantitative estimate of drug-likeness (QED) is 0.538. The number of hydrogen-bond acceptors (Lipinski definition) is 6. The molecule has 1 aliphatic heterocycles. The lowest BCUT2D eigenvalue weighted by molar-refractivity contribution is -0.147.